The van der Waals surface area contributed by atoms with Crippen LogP contribution in [0.4, 0.5) is 18.9 Å². The number of hydrogen-bond acceptors (Lipinski definition) is 2. The quantitative estimate of drug-likeness (QED) is 0.882. The number of rotatable bonds is 2. The van der Waals surface area contributed by atoms with Gasteiger partial charge in [0.25, 0.3) is 5.91 Å². The first-order chi connectivity index (χ1) is 10.8. The van der Waals surface area contributed by atoms with Crippen LogP contribution in [0.25, 0.3) is 0 Å². The molecule has 1 spiro atoms. The molecule has 1 N–H and O–H groups in total. The molecule has 2 fully saturated rings. The van der Waals surface area contributed by atoms with Crippen molar-refractivity contribution in [2.45, 2.75) is 44.9 Å². The third-order valence-corrected chi connectivity index (χ3v) is 5.08. The monoisotopic (exact) mass is 327 g/mol. The predicted octanol–water partition coefficient (Wildman–Crippen LogP) is 4.24. The molecule has 1 saturated carbocycles. The minimum atomic E-state index is -4.37. The number of nitrogens with one attached hydrogen (secondary N) is 1. The van der Waals surface area contributed by atoms with E-state index < -0.39 is 17.8 Å². The zero-order valence-corrected chi connectivity index (χ0v) is 13.0. The normalized spacial score (nSPS) is 30.8. The van der Waals surface area contributed by atoms with Gasteiger partial charge in [-0.15, -0.1) is 0 Å². The summed E-state index contributed by atoms with van der Waals surface area (Å²) in [5, 5.41) is 2.67. The molecule has 2 aliphatic rings. The molecule has 1 saturated heterocycles. The van der Waals surface area contributed by atoms with Gasteiger partial charge in [0.05, 0.1) is 12.2 Å². The van der Waals surface area contributed by atoms with E-state index in [0.717, 1.165) is 37.8 Å². The molecule has 0 bridgehead atoms. The maximum atomic E-state index is 12.5. The average Bonchev–Trinajstić information content (AvgIpc) is 2.46. The molecule has 1 heterocycles. The summed E-state index contributed by atoms with van der Waals surface area (Å²) in [6, 6.07) is 4.48. The Morgan fingerprint density at radius 2 is 1.83 bits per heavy atom. The van der Waals surface area contributed by atoms with Gasteiger partial charge in [0, 0.05) is 11.1 Å². The fourth-order valence-electron chi connectivity index (χ4n) is 3.45. The van der Waals surface area contributed by atoms with E-state index in [2.05, 4.69) is 12.2 Å². The Morgan fingerprint density at radius 3 is 2.30 bits per heavy atom. The van der Waals surface area contributed by atoms with E-state index in [-0.39, 0.29) is 11.3 Å². The van der Waals surface area contributed by atoms with Crippen LogP contribution in [-0.2, 0) is 15.7 Å². The Hall–Kier alpha value is -1.56. The summed E-state index contributed by atoms with van der Waals surface area (Å²) >= 11 is 0. The zero-order chi connectivity index (χ0) is 16.7. The van der Waals surface area contributed by atoms with Crippen molar-refractivity contribution in [2.24, 2.45) is 11.3 Å². The van der Waals surface area contributed by atoms with E-state index in [1.54, 1.807) is 0 Å². The van der Waals surface area contributed by atoms with Crippen LogP contribution >= 0.6 is 0 Å². The Kier molecular flexibility index (Phi) is 4.12. The highest BCUT2D eigenvalue weighted by molar-refractivity contribution is 5.95. The molecule has 1 aromatic rings. The molecule has 0 radical (unpaired) electrons. The lowest BCUT2D eigenvalue weighted by atomic mass is 9.65. The van der Waals surface area contributed by atoms with Crippen molar-refractivity contribution in [3.8, 4) is 0 Å². The summed E-state index contributed by atoms with van der Waals surface area (Å²) in [6.07, 6.45) is -0.737. The molecule has 1 amide bonds. The van der Waals surface area contributed by atoms with E-state index in [9.17, 15) is 18.0 Å². The molecule has 1 unspecified atom stereocenters. The first kappa shape index (κ1) is 16.3. The first-order valence-electron chi connectivity index (χ1n) is 7.90. The zero-order valence-electron chi connectivity index (χ0n) is 13.0. The molecule has 1 aromatic carbocycles. The Bertz CT molecular complexity index is 574. The van der Waals surface area contributed by atoms with Crippen LogP contribution in [0.5, 0.6) is 0 Å². The summed E-state index contributed by atoms with van der Waals surface area (Å²) < 4.78 is 43.1. The number of amides is 1. The lowest BCUT2D eigenvalue weighted by Gasteiger charge is -2.51. The number of benzene rings is 1. The van der Waals surface area contributed by atoms with Gasteiger partial charge in [-0.25, -0.2) is 0 Å². The molecular weight excluding hydrogens is 307 g/mol. The number of carbonyl (C=O) groups is 1. The highest BCUT2D eigenvalue weighted by Crippen LogP contribution is 2.49. The molecule has 23 heavy (non-hydrogen) atoms. The van der Waals surface area contributed by atoms with E-state index in [1.807, 2.05) is 0 Å². The van der Waals surface area contributed by atoms with Crippen LogP contribution < -0.4 is 5.32 Å². The lowest BCUT2D eigenvalue weighted by Crippen LogP contribution is -2.58. The van der Waals surface area contributed by atoms with Crippen molar-refractivity contribution >= 4 is 11.6 Å². The van der Waals surface area contributed by atoms with Crippen molar-refractivity contribution < 1.29 is 22.7 Å². The number of ether oxygens (including phenoxy) is 1. The van der Waals surface area contributed by atoms with Gasteiger partial charge in [0.2, 0.25) is 0 Å². The van der Waals surface area contributed by atoms with Crippen molar-refractivity contribution in [1.82, 2.24) is 0 Å². The molecular formula is C17H20F3NO2. The van der Waals surface area contributed by atoms with Gasteiger partial charge < -0.3 is 10.1 Å². The molecule has 126 valence electrons. The summed E-state index contributed by atoms with van der Waals surface area (Å²) in [5.41, 5.74) is -0.450. The molecule has 6 heteroatoms. The van der Waals surface area contributed by atoms with Crippen LogP contribution in [0, 0.1) is 11.3 Å². The van der Waals surface area contributed by atoms with Crippen LogP contribution in [-0.4, -0.2) is 18.6 Å². The molecule has 1 aliphatic carbocycles. The minimum Gasteiger partial charge on any atom is -0.367 e. The average molecular weight is 327 g/mol. The standard InChI is InChI=1S/C17H20F3NO2/c1-11-6-8-16(9-7-11)10-23-14(16)15(22)21-13-4-2-12(3-5-13)17(18,19)20/h2-5,11,14H,6-10H2,1H3,(H,21,22). The summed E-state index contributed by atoms with van der Waals surface area (Å²) in [7, 11) is 0. The molecule has 3 rings (SSSR count). The van der Waals surface area contributed by atoms with Gasteiger partial charge >= 0.3 is 6.18 Å². The topological polar surface area (TPSA) is 38.3 Å². The summed E-state index contributed by atoms with van der Waals surface area (Å²) in [4.78, 5) is 12.4. The number of hydrogen-bond donors (Lipinski definition) is 1. The second-order valence-electron chi connectivity index (χ2n) is 6.80. The second-order valence-corrected chi connectivity index (χ2v) is 6.80. The van der Waals surface area contributed by atoms with Gasteiger partial charge in [-0.2, -0.15) is 13.2 Å². The number of carbonyl (C=O) groups excluding carboxylic acids is 1. The molecule has 3 nitrogen and oxygen atoms in total. The van der Waals surface area contributed by atoms with Gasteiger partial charge in [0.15, 0.2) is 0 Å². The fraction of sp³-hybridized carbons (Fsp3) is 0.588. The predicted molar refractivity (Wildman–Crippen MR) is 79.9 cm³/mol. The third-order valence-electron chi connectivity index (χ3n) is 5.08. The van der Waals surface area contributed by atoms with Crippen LogP contribution in [0.2, 0.25) is 0 Å². The Morgan fingerprint density at radius 1 is 1.22 bits per heavy atom. The van der Waals surface area contributed by atoms with Crippen LogP contribution in [0.3, 0.4) is 0 Å². The molecule has 1 atom stereocenters. The van der Waals surface area contributed by atoms with Crippen molar-refractivity contribution in [3.63, 3.8) is 0 Å². The van der Waals surface area contributed by atoms with E-state index in [1.165, 1.54) is 12.1 Å². The Labute approximate surface area is 133 Å². The maximum Gasteiger partial charge on any atom is 0.416 e. The summed E-state index contributed by atoms with van der Waals surface area (Å²) in [5.74, 6) is 0.422. The van der Waals surface area contributed by atoms with Crippen LogP contribution in [0.15, 0.2) is 24.3 Å². The third kappa shape index (κ3) is 3.22. The lowest BCUT2D eigenvalue weighted by molar-refractivity contribution is -0.203. The van der Waals surface area contributed by atoms with E-state index in [0.29, 0.717) is 18.2 Å². The SMILES string of the molecule is CC1CCC2(CC1)COC2C(=O)Nc1ccc(C(F)(F)F)cc1. The first-order valence-corrected chi connectivity index (χ1v) is 7.90. The van der Waals surface area contributed by atoms with Crippen LogP contribution in [0.1, 0.15) is 38.2 Å². The largest absolute Gasteiger partial charge is 0.416 e. The number of anilines is 1. The van der Waals surface area contributed by atoms with Crippen molar-refractivity contribution in [2.75, 3.05) is 11.9 Å². The van der Waals surface area contributed by atoms with Gasteiger partial charge in [-0.3, -0.25) is 4.79 Å². The summed E-state index contributed by atoms with van der Waals surface area (Å²) in [6.45, 7) is 2.81. The minimum absolute atomic E-state index is 0.0808. The number of halogens is 3. The highest BCUT2D eigenvalue weighted by atomic mass is 19.4. The smallest absolute Gasteiger partial charge is 0.367 e. The molecule has 0 aromatic heterocycles. The maximum absolute atomic E-state index is 12.5. The van der Waals surface area contributed by atoms with Gasteiger partial charge in [-0.05, 0) is 55.9 Å². The van der Waals surface area contributed by atoms with Crippen molar-refractivity contribution in [3.05, 3.63) is 29.8 Å². The van der Waals surface area contributed by atoms with E-state index >= 15 is 0 Å². The fourth-order valence-corrected chi connectivity index (χ4v) is 3.45. The second kappa shape index (κ2) is 5.82. The van der Waals surface area contributed by atoms with E-state index in [4.69, 9.17) is 4.74 Å². The van der Waals surface area contributed by atoms with Gasteiger partial charge in [0.1, 0.15) is 6.10 Å². The number of alkyl halides is 3. The van der Waals surface area contributed by atoms with Crippen molar-refractivity contribution in [1.29, 1.82) is 0 Å². The molecule has 1 aliphatic heterocycles. The Balaban J connectivity index is 1.63. The van der Waals surface area contributed by atoms with Gasteiger partial charge in [-0.1, -0.05) is 6.92 Å². The highest BCUT2D eigenvalue weighted by Gasteiger charge is 2.53.